The number of allylic oxidation sites excluding steroid dienone is 1. The zero-order valence-corrected chi connectivity index (χ0v) is 6.30. The molecule has 0 bridgehead atoms. The van der Waals surface area contributed by atoms with Crippen molar-refractivity contribution in [2.45, 2.75) is 19.8 Å². The van der Waals surface area contributed by atoms with Crippen molar-refractivity contribution in [3.05, 3.63) is 19.1 Å². The molecule has 0 aliphatic heterocycles. The van der Waals surface area contributed by atoms with E-state index in [0.29, 0.717) is 13.0 Å². The van der Waals surface area contributed by atoms with E-state index in [9.17, 15) is 4.79 Å². The lowest BCUT2D eigenvalue weighted by Crippen LogP contribution is -2.00. The summed E-state index contributed by atoms with van der Waals surface area (Å²) in [7, 11) is 0. The molecule has 0 unspecified atom stereocenters. The third kappa shape index (κ3) is 5.35. The first-order valence-corrected chi connectivity index (χ1v) is 3.43. The predicted molar refractivity (Wildman–Crippen MR) is 40.4 cm³/mol. The second-order valence-corrected chi connectivity index (χ2v) is 1.86. The van der Waals surface area contributed by atoms with Gasteiger partial charge in [0.05, 0.1) is 6.61 Å². The second-order valence-electron chi connectivity index (χ2n) is 1.86. The van der Waals surface area contributed by atoms with Crippen molar-refractivity contribution in [2.75, 3.05) is 6.61 Å². The van der Waals surface area contributed by atoms with Crippen LogP contribution in [0.4, 0.5) is 0 Å². The van der Waals surface area contributed by atoms with Crippen LogP contribution in [0.15, 0.2) is 12.2 Å². The minimum absolute atomic E-state index is 0.273. The lowest BCUT2D eigenvalue weighted by atomic mass is 10.4. The molecule has 0 fully saturated rings. The third-order valence-corrected chi connectivity index (χ3v) is 0.869. The molecule has 0 saturated carbocycles. The summed E-state index contributed by atoms with van der Waals surface area (Å²) in [4.78, 5) is 10.6. The minimum Gasteiger partial charge on any atom is -0.463 e. The van der Waals surface area contributed by atoms with E-state index < -0.39 is 0 Å². The van der Waals surface area contributed by atoms with E-state index in [2.05, 4.69) is 6.92 Å². The van der Waals surface area contributed by atoms with E-state index in [-0.39, 0.29) is 5.97 Å². The van der Waals surface area contributed by atoms with Crippen LogP contribution >= 0.6 is 0 Å². The van der Waals surface area contributed by atoms with E-state index in [1.54, 1.807) is 6.08 Å². The van der Waals surface area contributed by atoms with Crippen molar-refractivity contribution in [3.63, 3.8) is 0 Å². The lowest BCUT2D eigenvalue weighted by molar-refractivity contribution is -0.137. The van der Waals surface area contributed by atoms with Crippen LogP contribution in [-0.4, -0.2) is 12.6 Å². The van der Waals surface area contributed by atoms with Crippen molar-refractivity contribution >= 4 is 5.97 Å². The SMILES string of the molecule is [CH2]CC=CC(=O)OCCC. The highest BCUT2D eigenvalue weighted by Gasteiger charge is 1.91. The lowest BCUT2D eigenvalue weighted by Gasteiger charge is -1.95. The first kappa shape index (κ1) is 9.21. The summed E-state index contributed by atoms with van der Waals surface area (Å²) >= 11 is 0. The first-order valence-electron chi connectivity index (χ1n) is 3.43. The normalized spacial score (nSPS) is 10.2. The average molecular weight is 141 g/mol. The Morgan fingerprint density at radius 3 is 2.90 bits per heavy atom. The molecule has 10 heavy (non-hydrogen) atoms. The Labute approximate surface area is 61.9 Å². The molecule has 57 valence electrons. The Balaban J connectivity index is 3.34. The average Bonchev–Trinajstić information content (AvgIpc) is 1.97. The Morgan fingerprint density at radius 2 is 2.40 bits per heavy atom. The summed E-state index contributed by atoms with van der Waals surface area (Å²) in [5.74, 6) is -0.273. The summed E-state index contributed by atoms with van der Waals surface area (Å²) in [5, 5.41) is 0. The monoisotopic (exact) mass is 141 g/mol. The van der Waals surface area contributed by atoms with Gasteiger partial charge in [0.25, 0.3) is 0 Å². The topological polar surface area (TPSA) is 26.3 Å². The van der Waals surface area contributed by atoms with Gasteiger partial charge in [0.1, 0.15) is 0 Å². The van der Waals surface area contributed by atoms with Gasteiger partial charge in [0.2, 0.25) is 0 Å². The number of hydrogen-bond donors (Lipinski definition) is 0. The number of rotatable bonds is 4. The highest BCUT2D eigenvalue weighted by molar-refractivity contribution is 5.81. The molecule has 0 aliphatic carbocycles. The van der Waals surface area contributed by atoms with E-state index in [4.69, 9.17) is 4.74 Å². The summed E-state index contributed by atoms with van der Waals surface area (Å²) in [6.07, 6.45) is 4.58. The maximum atomic E-state index is 10.6. The Morgan fingerprint density at radius 1 is 1.70 bits per heavy atom. The van der Waals surface area contributed by atoms with Crippen LogP contribution < -0.4 is 0 Å². The maximum Gasteiger partial charge on any atom is 0.330 e. The fraction of sp³-hybridized carbons (Fsp3) is 0.500. The number of esters is 1. The molecule has 0 amide bonds. The van der Waals surface area contributed by atoms with Crippen LogP contribution in [0.1, 0.15) is 19.8 Å². The van der Waals surface area contributed by atoms with Crippen molar-refractivity contribution in [1.29, 1.82) is 0 Å². The molecule has 0 N–H and O–H groups in total. The van der Waals surface area contributed by atoms with Gasteiger partial charge in [-0.1, -0.05) is 13.0 Å². The molecule has 0 atom stereocenters. The van der Waals surface area contributed by atoms with Gasteiger partial charge in [-0.3, -0.25) is 0 Å². The van der Waals surface area contributed by atoms with Crippen molar-refractivity contribution in [2.24, 2.45) is 0 Å². The zero-order chi connectivity index (χ0) is 7.82. The molecule has 0 aliphatic rings. The number of ether oxygens (including phenoxy) is 1. The molecular weight excluding hydrogens is 128 g/mol. The van der Waals surface area contributed by atoms with Gasteiger partial charge in [0.15, 0.2) is 0 Å². The van der Waals surface area contributed by atoms with E-state index >= 15 is 0 Å². The molecule has 2 nitrogen and oxygen atoms in total. The Kier molecular flexibility index (Phi) is 5.83. The first-order chi connectivity index (χ1) is 4.81. The summed E-state index contributed by atoms with van der Waals surface area (Å²) < 4.78 is 4.74. The highest BCUT2D eigenvalue weighted by Crippen LogP contribution is 1.85. The fourth-order valence-corrected chi connectivity index (χ4v) is 0.430. The van der Waals surface area contributed by atoms with Crippen LogP contribution in [0.25, 0.3) is 0 Å². The molecule has 0 aromatic heterocycles. The molecule has 0 spiro atoms. The fourth-order valence-electron chi connectivity index (χ4n) is 0.430. The van der Waals surface area contributed by atoms with Crippen LogP contribution in [0.5, 0.6) is 0 Å². The molecule has 0 heterocycles. The van der Waals surface area contributed by atoms with Crippen LogP contribution in [0, 0.1) is 6.92 Å². The van der Waals surface area contributed by atoms with Gasteiger partial charge in [-0.15, -0.1) is 0 Å². The summed E-state index contributed by atoms with van der Waals surface area (Å²) in [5.41, 5.74) is 0. The second kappa shape index (κ2) is 6.33. The third-order valence-electron chi connectivity index (χ3n) is 0.869. The van der Waals surface area contributed by atoms with Crippen molar-refractivity contribution in [1.82, 2.24) is 0 Å². The summed E-state index contributed by atoms with van der Waals surface area (Å²) in [6, 6.07) is 0. The number of carbonyl (C=O) groups is 1. The molecule has 2 heteroatoms. The molecular formula is C8H13O2. The van der Waals surface area contributed by atoms with E-state index in [1.807, 2.05) is 6.92 Å². The molecule has 0 saturated heterocycles. The molecule has 0 rings (SSSR count). The Hall–Kier alpha value is -0.790. The van der Waals surface area contributed by atoms with Crippen molar-refractivity contribution in [3.8, 4) is 0 Å². The number of hydrogen-bond acceptors (Lipinski definition) is 2. The van der Waals surface area contributed by atoms with Gasteiger partial charge >= 0.3 is 5.97 Å². The van der Waals surface area contributed by atoms with Gasteiger partial charge in [-0.05, 0) is 19.8 Å². The largest absolute Gasteiger partial charge is 0.463 e. The van der Waals surface area contributed by atoms with Gasteiger partial charge in [-0.25, -0.2) is 4.79 Å². The van der Waals surface area contributed by atoms with E-state index in [1.165, 1.54) is 6.08 Å². The van der Waals surface area contributed by atoms with Crippen LogP contribution in [0.2, 0.25) is 0 Å². The van der Waals surface area contributed by atoms with Gasteiger partial charge < -0.3 is 4.74 Å². The minimum atomic E-state index is -0.273. The van der Waals surface area contributed by atoms with Gasteiger partial charge in [0, 0.05) is 6.08 Å². The number of carbonyl (C=O) groups excluding carboxylic acids is 1. The van der Waals surface area contributed by atoms with Gasteiger partial charge in [-0.2, -0.15) is 0 Å². The van der Waals surface area contributed by atoms with E-state index in [0.717, 1.165) is 6.42 Å². The molecule has 0 aromatic carbocycles. The maximum absolute atomic E-state index is 10.6. The molecule has 1 radical (unpaired) electrons. The Bertz CT molecular complexity index is 116. The predicted octanol–water partition coefficient (Wildman–Crippen LogP) is 1.72. The summed E-state index contributed by atoms with van der Waals surface area (Å²) in [6.45, 7) is 6.00. The standard InChI is InChI=1S/C8H13O2/c1-3-5-6-8(9)10-7-4-2/h5-6H,1,3-4,7H2,2H3. The van der Waals surface area contributed by atoms with Crippen molar-refractivity contribution < 1.29 is 9.53 Å². The molecule has 0 aromatic rings. The highest BCUT2D eigenvalue weighted by atomic mass is 16.5. The van der Waals surface area contributed by atoms with Crippen LogP contribution in [0.3, 0.4) is 0 Å². The quantitative estimate of drug-likeness (QED) is 0.440. The van der Waals surface area contributed by atoms with Crippen LogP contribution in [-0.2, 0) is 9.53 Å². The smallest absolute Gasteiger partial charge is 0.330 e. The zero-order valence-electron chi connectivity index (χ0n) is 6.30.